The number of hydrogen-bond acceptors (Lipinski definition) is 5. The molecular formula is C17H17F3N4O. The van der Waals surface area contributed by atoms with Gasteiger partial charge in [-0.1, -0.05) is 23.4 Å². The van der Waals surface area contributed by atoms with Crippen molar-refractivity contribution in [2.45, 2.75) is 31.2 Å². The highest BCUT2D eigenvalue weighted by atomic mass is 19.4. The highest BCUT2D eigenvalue weighted by Gasteiger charge is 2.35. The Hall–Kier alpha value is -2.45. The van der Waals surface area contributed by atoms with Crippen LogP contribution in [0.15, 0.2) is 45.9 Å². The van der Waals surface area contributed by atoms with E-state index in [1.807, 2.05) is 0 Å². The molecule has 0 spiro atoms. The summed E-state index contributed by atoms with van der Waals surface area (Å²) >= 11 is 0. The van der Waals surface area contributed by atoms with E-state index < -0.39 is 23.4 Å². The van der Waals surface area contributed by atoms with Crippen molar-refractivity contribution in [3.63, 3.8) is 0 Å². The third kappa shape index (κ3) is 3.64. The summed E-state index contributed by atoms with van der Waals surface area (Å²) in [7, 11) is 0. The van der Waals surface area contributed by atoms with Gasteiger partial charge in [0.05, 0.1) is 16.8 Å². The molecule has 0 fully saturated rings. The van der Waals surface area contributed by atoms with Crippen molar-refractivity contribution in [3.8, 4) is 0 Å². The van der Waals surface area contributed by atoms with Crippen LogP contribution < -0.4 is 11.5 Å². The standard InChI is InChI=1S/C17H17F3N4O/c1-10-5-14(24-25-10)8-16(22)7-12(9-23-15(16)21)11-3-2-4-13(6-11)17(18,19)20/h2-7,9,15H,8,21-22H2,1H3. The fraction of sp³-hybridized carbons (Fsp3) is 0.294. The van der Waals surface area contributed by atoms with Crippen molar-refractivity contribution in [1.29, 1.82) is 0 Å². The van der Waals surface area contributed by atoms with E-state index in [2.05, 4.69) is 10.1 Å². The molecule has 132 valence electrons. The van der Waals surface area contributed by atoms with E-state index >= 15 is 0 Å². The minimum absolute atomic E-state index is 0.255. The molecule has 2 aromatic rings. The molecule has 1 aromatic heterocycles. The number of aliphatic imine (C=N–C) groups is 1. The van der Waals surface area contributed by atoms with Crippen molar-refractivity contribution in [1.82, 2.24) is 5.16 Å². The minimum Gasteiger partial charge on any atom is -0.361 e. The molecule has 0 aliphatic carbocycles. The number of aromatic nitrogens is 1. The van der Waals surface area contributed by atoms with Crippen LogP contribution in [0.2, 0.25) is 0 Å². The summed E-state index contributed by atoms with van der Waals surface area (Å²) in [6.07, 6.45) is -1.81. The Labute approximate surface area is 142 Å². The van der Waals surface area contributed by atoms with E-state index in [0.29, 0.717) is 22.6 Å². The largest absolute Gasteiger partial charge is 0.416 e. The van der Waals surface area contributed by atoms with Crippen LogP contribution in [0.25, 0.3) is 5.57 Å². The molecule has 1 aliphatic rings. The number of benzene rings is 1. The maximum Gasteiger partial charge on any atom is 0.416 e. The Morgan fingerprint density at radius 2 is 2.04 bits per heavy atom. The second kappa shape index (κ2) is 6.12. The number of hydrogen-bond donors (Lipinski definition) is 2. The zero-order valence-corrected chi connectivity index (χ0v) is 13.4. The maximum atomic E-state index is 12.9. The number of alkyl halides is 3. The summed E-state index contributed by atoms with van der Waals surface area (Å²) in [4.78, 5) is 4.16. The molecule has 0 amide bonds. The average Bonchev–Trinajstić information content (AvgIpc) is 2.94. The number of nitrogens with zero attached hydrogens (tertiary/aromatic N) is 2. The zero-order chi connectivity index (χ0) is 18.2. The average molecular weight is 350 g/mol. The molecule has 2 heterocycles. The van der Waals surface area contributed by atoms with Gasteiger partial charge in [-0.05, 0) is 30.2 Å². The summed E-state index contributed by atoms with van der Waals surface area (Å²) in [5, 5.41) is 3.89. The van der Waals surface area contributed by atoms with Crippen LogP contribution in [0.5, 0.6) is 0 Å². The summed E-state index contributed by atoms with van der Waals surface area (Å²) in [6.45, 7) is 1.75. The Bertz CT molecular complexity index is 840. The first-order valence-corrected chi connectivity index (χ1v) is 7.58. The molecule has 25 heavy (non-hydrogen) atoms. The maximum absolute atomic E-state index is 12.9. The Morgan fingerprint density at radius 3 is 2.68 bits per heavy atom. The van der Waals surface area contributed by atoms with Gasteiger partial charge in [0.2, 0.25) is 0 Å². The summed E-state index contributed by atoms with van der Waals surface area (Å²) in [6, 6.07) is 6.74. The van der Waals surface area contributed by atoms with Gasteiger partial charge >= 0.3 is 6.18 Å². The predicted octanol–water partition coefficient (Wildman–Crippen LogP) is 2.69. The Morgan fingerprint density at radius 1 is 1.28 bits per heavy atom. The number of nitrogens with two attached hydrogens (primary N) is 2. The third-order valence-electron chi connectivity index (χ3n) is 4.04. The van der Waals surface area contributed by atoms with Gasteiger partial charge in [0.25, 0.3) is 0 Å². The fourth-order valence-electron chi connectivity index (χ4n) is 2.72. The first-order valence-electron chi connectivity index (χ1n) is 7.58. The van der Waals surface area contributed by atoms with Crippen LogP contribution >= 0.6 is 0 Å². The third-order valence-corrected chi connectivity index (χ3v) is 4.04. The molecule has 1 aromatic carbocycles. The molecule has 1 aliphatic heterocycles. The van der Waals surface area contributed by atoms with Crippen LogP contribution in [-0.2, 0) is 12.6 Å². The van der Waals surface area contributed by atoms with Crippen molar-refractivity contribution in [2.75, 3.05) is 0 Å². The molecular weight excluding hydrogens is 333 g/mol. The first kappa shape index (κ1) is 17.4. The van der Waals surface area contributed by atoms with E-state index in [4.69, 9.17) is 16.0 Å². The molecule has 3 rings (SSSR count). The number of allylic oxidation sites excluding steroid dienone is 1. The highest BCUT2D eigenvalue weighted by molar-refractivity contribution is 6.11. The van der Waals surface area contributed by atoms with Crippen molar-refractivity contribution in [2.24, 2.45) is 16.5 Å². The molecule has 2 unspecified atom stereocenters. The van der Waals surface area contributed by atoms with Gasteiger partial charge in [-0.2, -0.15) is 13.2 Å². The highest BCUT2D eigenvalue weighted by Crippen LogP contribution is 2.32. The summed E-state index contributed by atoms with van der Waals surface area (Å²) < 4.78 is 43.8. The molecule has 0 saturated heterocycles. The van der Waals surface area contributed by atoms with Gasteiger partial charge in [0, 0.05) is 18.7 Å². The molecule has 8 heteroatoms. The quantitative estimate of drug-likeness (QED) is 0.890. The Kier molecular flexibility index (Phi) is 4.26. The lowest BCUT2D eigenvalue weighted by molar-refractivity contribution is -0.137. The van der Waals surface area contributed by atoms with Crippen LogP contribution in [0, 0.1) is 6.92 Å². The second-order valence-corrected chi connectivity index (χ2v) is 6.12. The monoisotopic (exact) mass is 350 g/mol. The molecule has 0 saturated carbocycles. The summed E-state index contributed by atoms with van der Waals surface area (Å²) in [5.74, 6) is 0.633. The normalized spacial score (nSPS) is 23.6. The lowest BCUT2D eigenvalue weighted by Gasteiger charge is -2.32. The lowest BCUT2D eigenvalue weighted by atomic mass is 9.85. The Balaban J connectivity index is 1.95. The van der Waals surface area contributed by atoms with Gasteiger partial charge in [-0.25, -0.2) is 0 Å². The van der Waals surface area contributed by atoms with Crippen molar-refractivity contribution < 1.29 is 17.7 Å². The van der Waals surface area contributed by atoms with Crippen LogP contribution in [-0.4, -0.2) is 23.1 Å². The van der Waals surface area contributed by atoms with E-state index in [-0.39, 0.29) is 6.42 Å². The predicted molar refractivity (Wildman–Crippen MR) is 87.8 cm³/mol. The van der Waals surface area contributed by atoms with Crippen LogP contribution in [0.1, 0.15) is 22.6 Å². The summed E-state index contributed by atoms with van der Waals surface area (Å²) in [5.41, 5.74) is 12.0. The first-order chi connectivity index (χ1) is 11.7. The molecule has 2 atom stereocenters. The van der Waals surface area contributed by atoms with E-state index in [1.165, 1.54) is 12.3 Å². The molecule has 0 bridgehead atoms. The van der Waals surface area contributed by atoms with Gasteiger partial charge < -0.3 is 16.0 Å². The smallest absolute Gasteiger partial charge is 0.361 e. The topological polar surface area (TPSA) is 90.4 Å². The van der Waals surface area contributed by atoms with Gasteiger partial charge in [-0.3, -0.25) is 4.99 Å². The van der Waals surface area contributed by atoms with Crippen LogP contribution in [0.3, 0.4) is 0 Å². The second-order valence-electron chi connectivity index (χ2n) is 6.12. The SMILES string of the molecule is Cc1cc(CC2(N)C=C(c3cccc(C(F)(F)F)c3)C=NC2N)no1. The fourth-order valence-corrected chi connectivity index (χ4v) is 2.72. The number of rotatable bonds is 3. The number of aryl methyl sites for hydroxylation is 1. The molecule has 0 radical (unpaired) electrons. The van der Waals surface area contributed by atoms with E-state index in [0.717, 1.165) is 12.1 Å². The number of halogens is 3. The lowest BCUT2D eigenvalue weighted by Crippen LogP contribution is -2.56. The van der Waals surface area contributed by atoms with Crippen molar-refractivity contribution >= 4 is 11.8 Å². The van der Waals surface area contributed by atoms with Gasteiger partial charge in [-0.15, -0.1) is 0 Å². The van der Waals surface area contributed by atoms with E-state index in [1.54, 1.807) is 25.1 Å². The van der Waals surface area contributed by atoms with E-state index in [9.17, 15) is 13.2 Å². The van der Waals surface area contributed by atoms with Gasteiger partial charge in [0.1, 0.15) is 11.9 Å². The number of dihydropyridines is 1. The molecule has 5 nitrogen and oxygen atoms in total. The minimum atomic E-state index is -4.42. The van der Waals surface area contributed by atoms with Crippen molar-refractivity contribution in [3.05, 3.63) is 59.0 Å². The van der Waals surface area contributed by atoms with Crippen LogP contribution in [0.4, 0.5) is 13.2 Å². The zero-order valence-electron chi connectivity index (χ0n) is 13.4. The van der Waals surface area contributed by atoms with Gasteiger partial charge in [0.15, 0.2) is 0 Å². The molecule has 4 N–H and O–H groups in total.